The van der Waals surface area contributed by atoms with Gasteiger partial charge in [-0.05, 0) is 31.5 Å². The van der Waals surface area contributed by atoms with Crippen LogP contribution in [-0.4, -0.2) is 188 Å². The van der Waals surface area contributed by atoms with Crippen LogP contribution in [0.25, 0.3) is 0 Å². The summed E-state index contributed by atoms with van der Waals surface area (Å²) in [7, 11) is -4.44. The number of cyclic esters (lactones) is 1. The zero-order chi connectivity index (χ0) is 51.6. The Hall–Kier alpha value is -6.19. The summed E-state index contributed by atoms with van der Waals surface area (Å²) in [6.45, 7) is 3.00. The first-order valence-corrected chi connectivity index (χ1v) is 23.9. The largest absolute Gasteiger partial charge is 0.464 e. The van der Waals surface area contributed by atoms with Crippen LogP contribution in [-0.2, 0) is 82.8 Å². The van der Waals surface area contributed by atoms with E-state index < -0.39 is 122 Å². The molecule has 3 rings (SSSR count). The van der Waals surface area contributed by atoms with Crippen LogP contribution in [0.2, 0.25) is 0 Å². The minimum atomic E-state index is -4.44. The van der Waals surface area contributed by atoms with Gasteiger partial charge in [-0.1, -0.05) is 12.1 Å². The van der Waals surface area contributed by atoms with Crippen molar-refractivity contribution in [3.8, 4) is 0 Å². The molecule has 1 fully saturated rings. The highest BCUT2D eigenvalue weighted by molar-refractivity contribution is 7.51. The molecule has 0 spiro atoms. The summed E-state index contributed by atoms with van der Waals surface area (Å²) in [6.07, 6.45) is 0.0819. The monoisotopic (exact) mass is 1010 g/mol. The second kappa shape index (κ2) is 30.4. The second-order valence-electron chi connectivity index (χ2n) is 15.5. The molecule has 2 aliphatic rings. The number of hydrogen-bond donors (Lipinski definition) is 10. The van der Waals surface area contributed by atoms with Crippen LogP contribution in [0.15, 0.2) is 36.4 Å². The van der Waals surface area contributed by atoms with Gasteiger partial charge in [0.25, 0.3) is 11.8 Å². The van der Waals surface area contributed by atoms with E-state index in [2.05, 4.69) is 37.2 Å². The van der Waals surface area contributed by atoms with Crippen LogP contribution >= 0.6 is 7.60 Å². The lowest BCUT2D eigenvalue weighted by Crippen LogP contribution is -2.56. The number of benzene rings is 1. The fraction of sp³-hybridized carbons (Fsp3) is 0.571. The van der Waals surface area contributed by atoms with Crippen LogP contribution in [0.3, 0.4) is 0 Å². The number of imide groups is 1. The summed E-state index contributed by atoms with van der Waals surface area (Å²) in [6, 6.07) is 0.315. The maximum absolute atomic E-state index is 13.3. The Morgan fingerprint density at radius 2 is 1.29 bits per heavy atom. The molecule has 2 heterocycles. The van der Waals surface area contributed by atoms with Gasteiger partial charge in [0.05, 0.1) is 78.7 Å². The predicted octanol–water partition coefficient (Wildman–Crippen LogP) is -4.02. The molecule has 0 radical (unpaired) electrons. The van der Waals surface area contributed by atoms with Crippen molar-refractivity contribution in [2.45, 2.75) is 76.3 Å². The molecule has 0 aromatic heterocycles. The van der Waals surface area contributed by atoms with E-state index in [1.807, 2.05) is 0 Å². The molecule has 10 N–H and O–H groups in total. The summed E-state index contributed by atoms with van der Waals surface area (Å²) in [5.74, 6) is -7.35. The average molecular weight is 1010 g/mol. The highest BCUT2D eigenvalue weighted by Crippen LogP contribution is 2.34. The summed E-state index contributed by atoms with van der Waals surface area (Å²) in [5, 5.41) is 26.5. The summed E-state index contributed by atoms with van der Waals surface area (Å²) in [5.41, 5.74) is 1.06. The van der Waals surface area contributed by atoms with Gasteiger partial charge in [0.2, 0.25) is 41.4 Å². The third-order valence-electron chi connectivity index (χ3n) is 9.94. The Bertz CT molecular complexity index is 2050. The lowest BCUT2D eigenvalue weighted by atomic mass is 10.1. The molecule has 0 unspecified atom stereocenters. The second-order valence-corrected chi connectivity index (χ2v) is 17.3. The number of nitrogens with zero attached hydrogens (tertiary/aromatic N) is 1. The molecule has 2 aliphatic heterocycles. The van der Waals surface area contributed by atoms with Crippen LogP contribution in [0.4, 0.5) is 5.69 Å². The standard InChI is InChI=1S/C42H61N8O19P/c1-26(38(57)45-27(2)39(58)47-29-5-3-28(25-51)4-6-29)46-40(59)31(23-35(54)48-30-9-14-69-42(30)61)49-34(53)10-13-65-16-18-67-20-21-68-19-17-66-15-12-43-41(60)32(50-36(55)7-8-37(50)56)24-44-33(52)11-22-70(62,63)64/h3-8,26-27,30-32,51H,9-25H2,1-2H3,(H,43,60)(H,44,52)(H,45,57)(H,46,59)(H,47,58)(H,48,54)(H,49,53)(H2,62,63,64)/t26-,27-,30-,31-,32-/m0/s1. The molecule has 70 heavy (non-hydrogen) atoms. The highest BCUT2D eigenvalue weighted by Gasteiger charge is 2.36. The molecule has 388 valence electrons. The van der Waals surface area contributed by atoms with Crippen molar-refractivity contribution in [3.05, 3.63) is 42.0 Å². The molecule has 28 heteroatoms. The zero-order valence-electron chi connectivity index (χ0n) is 38.6. The summed E-state index contributed by atoms with van der Waals surface area (Å²) >= 11 is 0. The summed E-state index contributed by atoms with van der Waals surface area (Å²) < 4.78 is 37.6. The van der Waals surface area contributed by atoms with E-state index in [-0.39, 0.29) is 85.5 Å². The molecule has 1 saturated heterocycles. The minimum Gasteiger partial charge on any atom is -0.464 e. The number of amides is 9. The molecule has 1 aromatic carbocycles. The van der Waals surface area contributed by atoms with Gasteiger partial charge in [-0.15, -0.1) is 0 Å². The number of carbonyl (C=O) groups excluding carboxylic acids is 10. The van der Waals surface area contributed by atoms with Crippen molar-refractivity contribution >= 4 is 72.4 Å². The Labute approximate surface area is 402 Å². The maximum atomic E-state index is 13.3. The van der Waals surface area contributed by atoms with E-state index in [1.54, 1.807) is 24.3 Å². The van der Waals surface area contributed by atoms with E-state index in [1.165, 1.54) is 13.8 Å². The van der Waals surface area contributed by atoms with E-state index >= 15 is 0 Å². The van der Waals surface area contributed by atoms with Gasteiger partial charge in [0.15, 0.2) is 0 Å². The number of aliphatic hydroxyl groups excluding tert-OH is 1. The molecule has 0 saturated carbocycles. The molecule has 1 aromatic rings. The highest BCUT2D eigenvalue weighted by atomic mass is 31.2. The third-order valence-corrected chi connectivity index (χ3v) is 10.7. The van der Waals surface area contributed by atoms with E-state index in [4.69, 9.17) is 33.5 Å². The van der Waals surface area contributed by atoms with Gasteiger partial charge >= 0.3 is 13.6 Å². The average Bonchev–Trinajstić information content (AvgIpc) is 3.87. The zero-order valence-corrected chi connectivity index (χ0v) is 39.5. The smallest absolute Gasteiger partial charge is 0.328 e. The Kier molecular flexibility index (Phi) is 25.3. The number of ether oxygens (including phenoxy) is 5. The third kappa shape index (κ3) is 22.1. The van der Waals surface area contributed by atoms with Gasteiger partial charge < -0.3 is 75.8 Å². The van der Waals surface area contributed by atoms with Gasteiger partial charge in [-0.25, -0.2) is 4.79 Å². The van der Waals surface area contributed by atoms with Crippen LogP contribution < -0.4 is 37.2 Å². The first-order valence-electron chi connectivity index (χ1n) is 22.1. The Morgan fingerprint density at radius 3 is 1.86 bits per heavy atom. The molecular weight excluding hydrogens is 951 g/mol. The van der Waals surface area contributed by atoms with E-state index in [0.29, 0.717) is 16.2 Å². The molecule has 0 aliphatic carbocycles. The predicted molar refractivity (Wildman–Crippen MR) is 240 cm³/mol. The molecular formula is C42H61N8O19P. The van der Waals surface area contributed by atoms with Crippen molar-refractivity contribution in [2.75, 3.05) is 84.0 Å². The Morgan fingerprint density at radius 1 is 0.714 bits per heavy atom. The number of esters is 1. The quantitative estimate of drug-likeness (QED) is 0.0139. The van der Waals surface area contributed by atoms with Crippen molar-refractivity contribution in [1.82, 2.24) is 36.8 Å². The Balaban J connectivity index is 1.30. The number of hydrogen-bond acceptors (Lipinski definition) is 17. The number of nitrogens with one attached hydrogen (secondary N) is 7. The first-order chi connectivity index (χ1) is 33.3. The van der Waals surface area contributed by atoms with Crippen LogP contribution in [0, 0.1) is 0 Å². The lowest BCUT2D eigenvalue weighted by Gasteiger charge is -2.25. The fourth-order valence-electron chi connectivity index (χ4n) is 6.13. The van der Waals surface area contributed by atoms with Crippen LogP contribution in [0.5, 0.6) is 0 Å². The molecule has 9 amide bonds. The number of rotatable bonds is 33. The van der Waals surface area contributed by atoms with E-state index in [9.17, 15) is 57.6 Å². The van der Waals surface area contributed by atoms with Gasteiger partial charge in [0, 0.05) is 50.2 Å². The van der Waals surface area contributed by atoms with Gasteiger partial charge in [-0.3, -0.25) is 52.6 Å². The lowest BCUT2D eigenvalue weighted by molar-refractivity contribution is -0.145. The van der Waals surface area contributed by atoms with Crippen molar-refractivity contribution < 1.29 is 91.1 Å². The van der Waals surface area contributed by atoms with Gasteiger partial charge in [-0.2, -0.15) is 0 Å². The van der Waals surface area contributed by atoms with Crippen molar-refractivity contribution in [3.63, 3.8) is 0 Å². The van der Waals surface area contributed by atoms with Crippen molar-refractivity contribution in [2.24, 2.45) is 0 Å². The van der Waals surface area contributed by atoms with E-state index in [0.717, 1.165) is 12.2 Å². The molecule has 0 bridgehead atoms. The minimum absolute atomic E-state index is 0.0231. The topological polar surface area (TPSA) is 382 Å². The van der Waals surface area contributed by atoms with Crippen molar-refractivity contribution in [1.29, 1.82) is 0 Å². The SMILES string of the molecule is C[C@H](NC(=O)[C@H](C)NC(=O)[C@H](CC(=O)N[C@H]1CCOC1=O)NC(=O)CCOCCOCCOCCOCCNC(=O)[C@H](CNC(=O)CCP(=O)(O)O)N1C(=O)C=CC1=O)C(=O)Nc1ccc(CO)cc1. The number of aliphatic hydroxyl groups is 1. The number of carbonyl (C=O) groups is 10. The van der Waals surface area contributed by atoms with Crippen LogP contribution in [0.1, 0.15) is 45.1 Å². The fourth-order valence-corrected chi connectivity index (χ4v) is 6.62. The van der Waals surface area contributed by atoms with Gasteiger partial charge in [0.1, 0.15) is 30.2 Å². The normalized spacial score (nSPS) is 16.1. The maximum Gasteiger partial charge on any atom is 0.328 e. The summed E-state index contributed by atoms with van der Waals surface area (Å²) in [4.78, 5) is 144. The molecule has 5 atom stereocenters. The first kappa shape index (κ1) is 58.1. The molecule has 27 nitrogen and oxygen atoms in total. The number of anilines is 1.